The maximum absolute atomic E-state index is 4.55. The number of hydrogen-bond acceptors (Lipinski definition) is 3. The third-order valence-electron chi connectivity index (χ3n) is 3.25. The van der Waals surface area contributed by atoms with Crippen LogP contribution in [0.15, 0.2) is 16.7 Å². The monoisotopic (exact) mass is 311 g/mol. The number of rotatable bonds is 3. The molecule has 0 N–H and O–H groups in total. The summed E-state index contributed by atoms with van der Waals surface area (Å²) < 4.78 is 1.11. The standard InChI is InChI=1S/C14H22BrN3/c1-11(2)10-17-4-6-18(7-5-17)14-13(15)8-12(3)9-16-14/h8-9,11H,4-7,10H2,1-3H3. The Labute approximate surface area is 118 Å². The molecule has 0 aromatic carbocycles. The molecule has 0 bridgehead atoms. The average molecular weight is 312 g/mol. The van der Waals surface area contributed by atoms with E-state index in [1.807, 2.05) is 6.20 Å². The van der Waals surface area contributed by atoms with Crippen molar-refractivity contribution in [1.29, 1.82) is 0 Å². The van der Waals surface area contributed by atoms with Crippen LogP contribution >= 0.6 is 15.9 Å². The van der Waals surface area contributed by atoms with E-state index in [0.29, 0.717) is 0 Å². The van der Waals surface area contributed by atoms with E-state index in [0.717, 1.165) is 42.4 Å². The van der Waals surface area contributed by atoms with Gasteiger partial charge in [0.25, 0.3) is 0 Å². The summed E-state index contributed by atoms with van der Waals surface area (Å²) in [5.41, 5.74) is 1.20. The summed E-state index contributed by atoms with van der Waals surface area (Å²) in [4.78, 5) is 9.47. The van der Waals surface area contributed by atoms with E-state index < -0.39 is 0 Å². The number of halogens is 1. The zero-order valence-electron chi connectivity index (χ0n) is 11.5. The average Bonchev–Trinajstić information content (AvgIpc) is 2.30. The topological polar surface area (TPSA) is 19.4 Å². The summed E-state index contributed by atoms with van der Waals surface area (Å²) in [5, 5.41) is 0. The number of pyridine rings is 1. The van der Waals surface area contributed by atoms with Crippen molar-refractivity contribution in [3.05, 3.63) is 22.3 Å². The van der Waals surface area contributed by atoms with Gasteiger partial charge in [0.15, 0.2) is 0 Å². The first kappa shape index (κ1) is 13.8. The highest BCUT2D eigenvalue weighted by Gasteiger charge is 2.19. The van der Waals surface area contributed by atoms with Gasteiger partial charge in [-0.1, -0.05) is 13.8 Å². The van der Waals surface area contributed by atoms with Crippen molar-refractivity contribution in [2.75, 3.05) is 37.6 Å². The van der Waals surface area contributed by atoms with E-state index in [-0.39, 0.29) is 0 Å². The lowest BCUT2D eigenvalue weighted by atomic mass is 10.2. The molecule has 2 rings (SSSR count). The first-order chi connectivity index (χ1) is 8.56. The van der Waals surface area contributed by atoms with Crippen LogP contribution in [0.5, 0.6) is 0 Å². The quantitative estimate of drug-likeness (QED) is 0.855. The molecule has 18 heavy (non-hydrogen) atoms. The maximum atomic E-state index is 4.55. The van der Waals surface area contributed by atoms with Crippen LogP contribution in [-0.2, 0) is 0 Å². The molecule has 1 aliphatic rings. The summed E-state index contributed by atoms with van der Waals surface area (Å²) in [6, 6.07) is 2.14. The van der Waals surface area contributed by atoms with Gasteiger partial charge in [0, 0.05) is 38.9 Å². The summed E-state index contributed by atoms with van der Waals surface area (Å²) in [7, 11) is 0. The minimum absolute atomic E-state index is 0.751. The lowest BCUT2D eigenvalue weighted by molar-refractivity contribution is 0.231. The van der Waals surface area contributed by atoms with Crippen molar-refractivity contribution in [1.82, 2.24) is 9.88 Å². The second-order valence-corrected chi connectivity index (χ2v) is 6.35. The second kappa shape index (κ2) is 6.02. The molecule has 0 saturated carbocycles. The Balaban J connectivity index is 1.97. The molecule has 100 valence electrons. The Morgan fingerprint density at radius 3 is 2.50 bits per heavy atom. The van der Waals surface area contributed by atoms with E-state index in [2.05, 4.69) is 57.6 Å². The van der Waals surface area contributed by atoms with Gasteiger partial charge in [-0.25, -0.2) is 4.98 Å². The Hall–Kier alpha value is -0.610. The number of nitrogens with zero attached hydrogens (tertiary/aromatic N) is 3. The van der Waals surface area contributed by atoms with Crippen LogP contribution in [0, 0.1) is 12.8 Å². The Morgan fingerprint density at radius 1 is 1.28 bits per heavy atom. The minimum atomic E-state index is 0.751. The summed E-state index contributed by atoms with van der Waals surface area (Å²) >= 11 is 3.62. The molecule has 3 nitrogen and oxygen atoms in total. The first-order valence-corrected chi connectivity index (χ1v) is 7.45. The molecule has 2 heterocycles. The summed E-state index contributed by atoms with van der Waals surface area (Å²) in [6.45, 7) is 12.3. The van der Waals surface area contributed by atoms with Crippen LogP contribution in [0.1, 0.15) is 19.4 Å². The van der Waals surface area contributed by atoms with Crippen molar-refractivity contribution >= 4 is 21.7 Å². The molecule has 1 fully saturated rings. The third-order valence-corrected chi connectivity index (χ3v) is 3.84. The van der Waals surface area contributed by atoms with Gasteiger partial charge >= 0.3 is 0 Å². The molecule has 0 amide bonds. The Bertz CT molecular complexity index is 398. The van der Waals surface area contributed by atoms with Crippen molar-refractivity contribution in [2.45, 2.75) is 20.8 Å². The molecular weight excluding hydrogens is 290 g/mol. The lowest BCUT2D eigenvalue weighted by Crippen LogP contribution is -2.47. The van der Waals surface area contributed by atoms with Crippen LogP contribution in [0.4, 0.5) is 5.82 Å². The number of hydrogen-bond donors (Lipinski definition) is 0. The van der Waals surface area contributed by atoms with Gasteiger partial charge in [-0.15, -0.1) is 0 Å². The van der Waals surface area contributed by atoms with Crippen LogP contribution in [0.25, 0.3) is 0 Å². The van der Waals surface area contributed by atoms with Crippen molar-refractivity contribution < 1.29 is 0 Å². The number of piperazine rings is 1. The number of anilines is 1. The van der Waals surface area contributed by atoms with Crippen LogP contribution in [0.2, 0.25) is 0 Å². The molecule has 0 unspecified atom stereocenters. The van der Waals surface area contributed by atoms with Gasteiger partial charge in [0.1, 0.15) is 5.82 Å². The molecular formula is C14H22BrN3. The van der Waals surface area contributed by atoms with Crippen LogP contribution in [0.3, 0.4) is 0 Å². The van der Waals surface area contributed by atoms with Gasteiger partial charge in [-0.2, -0.15) is 0 Å². The summed E-state index contributed by atoms with van der Waals surface area (Å²) in [6.07, 6.45) is 1.95. The minimum Gasteiger partial charge on any atom is -0.353 e. The van der Waals surface area contributed by atoms with Crippen molar-refractivity contribution in [2.24, 2.45) is 5.92 Å². The first-order valence-electron chi connectivity index (χ1n) is 6.65. The number of aryl methyl sites for hydroxylation is 1. The van der Waals surface area contributed by atoms with Crippen molar-refractivity contribution in [3.8, 4) is 0 Å². The van der Waals surface area contributed by atoms with E-state index in [1.165, 1.54) is 12.1 Å². The van der Waals surface area contributed by atoms with Crippen LogP contribution < -0.4 is 4.90 Å². The van der Waals surface area contributed by atoms with Gasteiger partial charge in [0.05, 0.1) is 4.47 Å². The predicted molar refractivity (Wildman–Crippen MR) is 80.2 cm³/mol. The molecule has 1 aliphatic heterocycles. The largest absolute Gasteiger partial charge is 0.353 e. The zero-order chi connectivity index (χ0) is 13.1. The molecule has 0 aliphatic carbocycles. The summed E-state index contributed by atoms with van der Waals surface area (Å²) in [5.74, 6) is 1.84. The van der Waals surface area contributed by atoms with Crippen LogP contribution in [-0.4, -0.2) is 42.6 Å². The molecule has 0 atom stereocenters. The smallest absolute Gasteiger partial charge is 0.142 e. The van der Waals surface area contributed by atoms with Gasteiger partial charge in [-0.3, -0.25) is 4.90 Å². The fourth-order valence-electron chi connectivity index (χ4n) is 2.42. The van der Waals surface area contributed by atoms with E-state index in [4.69, 9.17) is 0 Å². The highest BCUT2D eigenvalue weighted by atomic mass is 79.9. The zero-order valence-corrected chi connectivity index (χ0v) is 13.1. The SMILES string of the molecule is Cc1cnc(N2CCN(CC(C)C)CC2)c(Br)c1. The molecule has 1 aromatic rings. The predicted octanol–water partition coefficient (Wildman–Crippen LogP) is 2.93. The molecule has 0 spiro atoms. The Kier molecular flexibility index (Phi) is 4.62. The highest BCUT2D eigenvalue weighted by Crippen LogP contribution is 2.25. The fraction of sp³-hybridized carbons (Fsp3) is 0.643. The van der Waals surface area contributed by atoms with Gasteiger partial charge in [0.2, 0.25) is 0 Å². The fourth-order valence-corrected chi connectivity index (χ4v) is 3.13. The second-order valence-electron chi connectivity index (χ2n) is 5.50. The maximum Gasteiger partial charge on any atom is 0.142 e. The number of aromatic nitrogens is 1. The lowest BCUT2D eigenvalue weighted by Gasteiger charge is -2.36. The highest BCUT2D eigenvalue weighted by molar-refractivity contribution is 9.10. The normalized spacial score (nSPS) is 17.5. The molecule has 0 radical (unpaired) electrons. The van der Waals surface area contributed by atoms with E-state index in [1.54, 1.807) is 0 Å². The molecule has 1 saturated heterocycles. The van der Waals surface area contributed by atoms with Gasteiger partial charge in [-0.05, 0) is 40.4 Å². The van der Waals surface area contributed by atoms with Gasteiger partial charge < -0.3 is 4.90 Å². The third kappa shape index (κ3) is 3.45. The van der Waals surface area contributed by atoms with E-state index in [9.17, 15) is 0 Å². The molecule has 1 aromatic heterocycles. The Morgan fingerprint density at radius 2 is 1.94 bits per heavy atom. The molecule has 4 heteroatoms. The van der Waals surface area contributed by atoms with E-state index >= 15 is 0 Å². The van der Waals surface area contributed by atoms with Crippen molar-refractivity contribution in [3.63, 3.8) is 0 Å².